The largest absolute Gasteiger partial charge is 2.00 e. The molecule has 6 heteroatoms. The van der Waals surface area contributed by atoms with Gasteiger partial charge in [-0.05, 0) is 41.3 Å². The van der Waals surface area contributed by atoms with Gasteiger partial charge in [0.25, 0.3) is 5.82 Å². The average Bonchev–Trinajstić information content (AvgIpc) is 3.76. The van der Waals surface area contributed by atoms with Crippen molar-refractivity contribution in [2.45, 2.75) is 33.1 Å². The molecule has 0 saturated heterocycles. The van der Waals surface area contributed by atoms with E-state index in [1.54, 1.807) is 0 Å². The molecule has 0 fully saturated rings. The zero-order valence-corrected chi connectivity index (χ0v) is 30.0. The molecule has 49 heavy (non-hydrogen) atoms. The molecule has 4 aromatic heterocycles. The first-order valence-corrected chi connectivity index (χ1v) is 16.4. The van der Waals surface area contributed by atoms with E-state index in [1.165, 1.54) is 10.9 Å². The molecule has 4 heterocycles. The molecule has 240 valence electrons. The van der Waals surface area contributed by atoms with Crippen LogP contribution in [-0.2, 0) is 26.5 Å². The summed E-state index contributed by atoms with van der Waals surface area (Å²) in [6, 6.07) is 49.9. The molecule has 0 aliphatic rings. The molecule has 0 bridgehead atoms. The maximum atomic E-state index is 5.47. The molecule has 0 atom stereocenters. The second-order valence-electron chi connectivity index (χ2n) is 13.5. The Labute approximate surface area is 300 Å². The van der Waals surface area contributed by atoms with Gasteiger partial charge in [0.05, 0.1) is 11.0 Å². The van der Waals surface area contributed by atoms with Crippen molar-refractivity contribution < 1.29 is 25.6 Å². The van der Waals surface area contributed by atoms with Crippen molar-refractivity contribution in [2.24, 2.45) is 0 Å². The second kappa shape index (κ2) is 11.7. The van der Waals surface area contributed by atoms with Gasteiger partial charge in [0.1, 0.15) is 29.4 Å². The Bertz CT molecular complexity index is 2650. The third-order valence-electron chi connectivity index (χ3n) is 9.55. The van der Waals surface area contributed by atoms with Crippen molar-refractivity contribution in [2.75, 3.05) is 0 Å². The van der Waals surface area contributed by atoms with Gasteiger partial charge in [0.2, 0.25) is 0 Å². The fourth-order valence-corrected chi connectivity index (χ4v) is 7.09. The molecule has 0 unspecified atom stereocenters. The number of benzene rings is 5. The van der Waals surface area contributed by atoms with E-state index in [0.717, 1.165) is 67.1 Å². The van der Waals surface area contributed by atoms with Gasteiger partial charge in [-0.25, -0.2) is 9.55 Å². The minimum atomic E-state index is 0. The van der Waals surface area contributed by atoms with E-state index in [4.69, 9.17) is 4.98 Å². The van der Waals surface area contributed by atoms with Crippen LogP contribution in [0, 0.1) is 19.1 Å². The molecule has 0 N–H and O–H groups in total. The molecular formula is C43H34N5Pt+. The SMILES string of the molecule is Cc1n(-c2[c-]c(-n3c4ccccc4c4cc5c6ccccc6n(-c6[c-]cccc6)c5nc43)ccc2)cc[n+]1-c1ccc(C(C)(C)C)cc1.[Pt+2]. The first kappa shape index (κ1) is 31.0. The average molecular weight is 816 g/mol. The number of pyridine rings is 1. The number of fused-ring (bicyclic) bond motifs is 6. The molecule has 0 aliphatic heterocycles. The van der Waals surface area contributed by atoms with Crippen molar-refractivity contribution in [1.82, 2.24) is 18.7 Å². The third-order valence-corrected chi connectivity index (χ3v) is 9.55. The van der Waals surface area contributed by atoms with Gasteiger partial charge in [-0.2, -0.15) is 34.9 Å². The van der Waals surface area contributed by atoms with Crippen LogP contribution < -0.4 is 4.57 Å². The van der Waals surface area contributed by atoms with E-state index in [1.807, 2.05) is 12.1 Å². The van der Waals surface area contributed by atoms with Crippen molar-refractivity contribution >= 4 is 43.9 Å². The Balaban J connectivity index is 0.00000348. The molecule has 9 rings (SSSR count). The predicted molar refractivity (Wildman–Crippen MR) is 195 cm³/mol. The Morgan fingerprint density at radius 2 is 1.22 bits per heavy atom. The van der Waals surface area contributed by atoms with Gasteiger partial charge in [0, 0.05) is 34.2 Å². The van der Waals surface area contributed by atoms with Crippen LogP contribution in [0.15, 0.2) is 134 Å². The van der Waals surface area contributed by atoms with Crippen molar-refractivity contribution in [3.05, 3.63) is 157 Å². The molecule has 0 amide bonds. The molecule has 0 spiro atoms. The van der Waals surface area contributed by atoms with Crippen LogP contribution in [-0.4, -0.2) is 18.7 Å². The van der Waals surface area contributed by atoms with Gasteiger partial charge in [-0.3, -0.25) is 0 Å². The van der Waals surface area contributed by atoms with E-state index >= 15 is 0 Å². The summed E-state index contributed by atoms with van der Waals surface area (Å²) in [6.45, 7) is 8.89. The standard InChI is InChI=1S/C43H34N5.Pt/c1-29-45(31-23-21-30(22-24-31)43(2,3)4)25-26-46(29)33-15-12-16-34(27-33)48-40-20-11-9-18-36(40)38-28-37-35-17-8-10-19-39(35)47(41(37)44-42(38)48)32-13-6-5-7-14-32;/h5-13,15-26,28H,1-4H3;/q-1;+2. The number of nitrogens with zero attached hydrogens (tertiary/aromatic N) is 5. The number of rotatable bonds is 4. The summed E-state index contributed by atoms with van der Waals surface area (Å²) in [5, 5.41) is 4.58. The Kier molecular flexibility index (Phi) is 7.42. The van der Waals surface area contributed by atoms with E-state index in [-0.39, 0.29) is 26.5 Å². The Morgan fingerprint density at radius 1 is 0.633 bits per heavy atom. The summed E-state index contributed by atoms with van der Waals surface area (Å²) >= 11 is 0. The van der Waals surface area contributed by atoms with E-state index in [9.17, 15) is 0 Å². The summed E-state index contributed by atoms with van der Waals surface area (Å²) < 4.78 is 8.90. The molecule has 9 aromatic rings. The topological polar surface area (TPSA) is 31.6 Å². The molecule has 5 aromatic carbocycles. The minimum Gasteiger partial charge on any atom is -0.318 e. The number of hydrogen-bond donors (Lipinski definition) is 0. The number of aromatic nitrogens is 5. The van der Waals surface area contributed by atoms with Crippen molar-refractivity contribution in [3.63, 3.8) is 0 Å². The first-order valence-electron chi connectivity index (χ1n) is 16.4. The normalized spacial score (nSPS) is 11.9. The molecule has 5 nitrogen and oxygen atoms in total. The van der Waals surface area contributed by atoms with Gasteiger partial charge in [-0.1, -0.05) is 80.7 Å². The zero-order valence-electron chi connectivity index (χ0n) is 27.8. The first-order chi connectivity index (χ1) is 23.4. The van der Waals surface area contributed by atoms with Gasteiger partial charge in [0.15, 0.2) is 0 Å². The number of hydrogen-bond acceptors (Lipinski definition) is 1. The summed E-state index contributed by atoms with van der Waals surface area (Å²) in [5.41, 5.74) is 9.47. The van der Waals surface area contributed by atoms with Crippen LogP contribution in [0.25, 0.3) is 66.6 Å². The smallest absolute Gasteiger partial charge is 0.318 e. The summed E-state index contributed by atoms with van der Waals surface area (Å²) in [7, 11) is 0. The fourth-order valence-electron chi connectivity index (χ4n) is 7.09. The van der Waals surface area contributed by atoms with Crippen LogP contribution in [0.5, 0.6) is 0 Å². The monoisotopic (exact) mass is 815 g/mol. The fraction of sp³-hybridized carbons (Fsp3) is 0.116. The van der Waals surface area contributed by atoms with Crippen LogP contribution >= 0.6 is 0 Å². The Morgan fingerprint density at radius 3 is 1.86 bits per heavy atom. The predicted octanol–water partition coefficient (Wildman–Crippen LogP) is 9.55. The van der Waals surface area contributed by atoms with Gasteiger partial charge in [-0.15, -0.1) is 24.3 Å². The maximum Gasteiger partial charge on any atom is 2.00 e. The van der Waals surface area contributed by atoms with Crippen molar-refractivity contribution in [3.8, 4) is 22.7 Å². The van der Waals surface area contributed by atoms with Crippen LogP contribution in [0.2, 0.25) is 0 Å². The molecule has 0 saturated carbocycles. The van der Waals surface area contributed by atoms with E-state index in [0.29, 0.717) is 0 Å². The van der Waals surface area contributed by atoms with Gasteiger partial charge >= 0.3 is 21.1 Å². The summed E-state index contributed by atoms with van der Waals surface area (Å²) in [5.74, 6) is 1.09. The summed E-state index contributed by atoms with van der Waals surface area (Å²) in [6.07, 6.45) is 4.24. The second-order valence-corrected chi connectivity index (χ2v) is 13.5. The van der Waals surface area contributed by atoms with Crippen molar-refractivity contribution in [1.29, 1.82) is 0 Å². The van der Waals surface area contributed by atoms with Crippen LogP contribution in [0.1, 0.15) is 32.2 Å². The quantitative estimate of drug-likeness (QED) is 0.129. The van der Waals surface area contributed by atoms with Gasteiger partial charge < -0.3 is 9.13 Å². The number of para-hydroxylation sites is 3. The van der Waals surface area contributed by atoms with Crippen LogP contribution in [0.3, 0.4) is 0 Å². The minimum absolute atomic E-state index is 0. The maximum absolute atomic E-state index is 5.47. The molecule has 0 aliphatic carbocycles. The molecular weight excluding hydrogens is 782 g/mol. The number of imidazole rings is 1. The van der Waals surface area contributed by atoms with E-state index < -0.39 is 0 Å². The third kappa shape index (κ3) is 4.95. The van der Waals surface area contributed by atoms with Crippen LogP contribution in [0.4, 0.5) is 0 Å². The molecule has 0 radical (unpaired) electrons. The zero-order chi connectivity index (χ0) is 32.6. The van der Waals surface area contributed by atoms with E-state index in [2.05, 4.69) is 180 Å². The Hall–Kier alpha value is -5.25. The summed E-state index contributed by atoms with van der Waals surface area (Å²) in [4.78, 5) is 5.47.